The van der Waals surface area contributed by atoms with Gasteiger partial charge >= 0.3 is 0 Å². The fourth-order valence-corrected chi connectivity index (χ4v) is 2.74. The van der Waals surface area contributed by atoms with Crippen molar-refractivity contribution < 1.29 is 13.2 Å². The van der Waals surface area contributed by atoms with Gasteiger partial charge in [-0.2, -0.15) is 5.26 Å². The minimum Gasteiger partial charge on any atom is -0.389 e. The van der Waals surface area contributed by atoms with Crippen LogP contribution in [-0.4, -0.2) is 20.9 Å². The minimum absolute atomic E-state index is 0.0415. The van der Waals surface area contributed by atoms with Gasteiger partial charge in [-0.25, -0.2) is 13.6 Å². The fraction of sp³-hybridized carbons (Fsp3) is 0.158. The van der Waals surface area contributed by atoms with Crippen molar-refractivity contribution in [3.05, 3.63) is 71.4 Å². The molecule has 0 aromatic heterocycles. The number of hydrogen-bond acceptors (Lipinski definition) is 5. The summed E-state index contributed by atoms with van der Waals surface area (Å²) < 4.78 is 22.4. The largest absolute Gasteiger partial charge is 0.389 e. The lowest BCUT2D eigenvalue weighted by Crippen LogP contribution is -2.18. The molecule has 27 heavy (non-hydrogen) atoms. The molecule has 0 aliphatic carbocycles. The Balaban J connectivity index is 1.88. The fourth-order valence-electron chi connectivity index (χ4n) is 2.22. The Hall–Kier alpha value is -3.15. The van der Waals surface area contributed by atoms with Gasteiger partial charge < -0.3 is 10.6 Å². The predicted molar refractivity (Wildman–Crippen MR) is 103 cm³/mol. The van der Waals surface area contributed by atoms with Crippen LogP contribution in [0.4, 0.5) is 5.69 Å². The molecule has 0 saturated heterocycles. The van der Waals surface area contributed by atoms with Crippen LogP contribution in [0.5, 0.6) is 0 Å². The number of amides is 1. The maximum Gasteiger partial charge on any atom is 0.267 e. The number of nitriles is 1. The van der Waals surface area contributed by atoms with E-state index in [1.54, 1.807) is 24.3 Å². The summed E-state index contributed by atoms with van der Waals surface area (Å²) in [6.07, 6.45) is 1.95. The van der Waals surface area contributed by atoms with Crippen molar-refractivity contribution in [2.75, 3.05) is 11.9 Å². The van der Waals surface area contributed by atoms with Crippen LogP contribution in [0.25, 0.3) is 0 Å². The molecule has 2 aromatic rings. The highest BCUT2D eigenvalue weighted by molar-refractivity contribution is 7.89. The Morgan fingerprint density at radius 1 is 1.15 bits per heavy atom. The number of sulfonamides is 1. The summed E-state index contributed by atoms with van der Waals surface area (Å²) in [5, 5.41) is 19.8. The van der Waals surface area contributed by atoms with Gasteiger partial charge in [-0.1, -0.05) is 29.8 Å². The lowest BCUT2D eigenvalue weighted by atomic mass is 10.1. The maximum atomic E-state index is 12.1. The van der Waals surface area contributed by atoms with E-state index >= 15 is 0 Å². The van der Waals surface area contributed by atoms with E-state index in [4.69, 9.17) is 10.4 Å². The first-order chi connectivity index (χ1) is 12.8. The van der Waals surface area contributed by atoms with Gasteiger partial charge in [0.25, 0.3) is 5.91 Å². The summed E-state index contributed by atoms with van der Waals surface area (Å²) in [5.41, 5.74) is 2.54. The third-order valence-corrected chi connectivity index (χ3v) is 4.66. The molecule has 0 aliphatic rings. The molecule has 1 amide bonds. The van der Waals surface area contributed by atoms with Crippen LogP contribution in [0.3, 0.4) is 0 Å². The number of rotatable bonds is 7. The van der Waals surface area contributed by atoms with E-state index < -0.39 is 15.9 Å². The van der Waals surface area contributed by atoms with Crippen LogP contribution in [-0.2, 0) is 21.2 Å². The number of anilines is 1. The van der Waals surface area contributed by atoms with Gasteiger partial charge in [0.1, 0.15) is 11.6 Å². The number of nitrogens with one attached hydrogen (secondary N) is 2. The Morgan fingerprint density at radius 3 is 2.33 bits per heavy atom. The molecule has 7 nitrogen and oxygen atoms in total. The molecule has 0 saturated carbocycles. The highest BCUT2D eigenvalue weighted by Gasteiger charge is 2.09. The third kappa shape index (κ3) is 6.26. The smallest absolute Gasteiger partial charge is 0.267 e. The normalized spacial score (nSPS) is 11.5. The van der Waals surface area contributed by atoms with Crippen molar-refractivity contribution in [2.45, 2.75) is 18.2 Å². The molecule has 0 unspecified atom stereocenters. The molecule has 4 N–H and O–H groups in total. The zero-order valence-electron chi connectivity index (χ0n) is 14.8. The molecule has 0 spiro atoms. The minimum atomic E-state index is -3.70. The quantitative estimate of drug-likeness (QED) is 0.381. The Bertz CT molecular complexity index is 973. The number of primary sulfonamides is 1. The SMILES string of the molecule is Cc1ccc(NC(=O)/C(C#N)=C\NCCc2ccc(S(N)(=O)=O)cc2)cc1. The molecule has 140 valence electrons. The number of hydrogen-bond donors (Lipinski definition) is 3. The van der Waals surface area contributed by atoms with Crippen LogP contribution in [0.15, 0.2) is 65.2 Å². The summed E-state index contributed by atoms with van der Waals surface area (Å²) >= 11 is 0. The first-order valence-corrected chi connectivity index (χ1v) is 9.67. The standard InChI is InChI=1S/C19H20N4O3S/c1-14-2-6-17(7-3-14)23-19(24)16(12-20)13-22-11-10-15-4-8-18(9-5-15)27(21,25)26/h2-9,13,22H,10-11H2,1H3,(H,23,24)(H2,21,25,26)/b16-13-. The molecule has 0 fully saturated rings. The number of nitrogens with zero attached hydrogens (tertiary/aromatic N) is 1. The summed E-state index contributed by atoms with van der Waals surface area (Å²) in [6, 6.07) is 15.3. The van der Waals surface area contributed by atoms with E-state index in [1.807, 2.05) is 25.1 Å². The number of nitrogens with two attached hydrogens (primary N) is 1. The van der Waals surface area contributed by atoms with Gasteiger partial charge in [0.05, 0.1) is 4.90 Å². The first-order valence-electron chi connectivity index (χ1n) is 8.13. The monoisotopic (exact) mass is 384 g/mol. The average Bonchev–Trinajstić information content (AvgIpc) is 2.63. The zero-order chi connectivity index (χ0) is 19.9. The van der Waals surface area contributed by atoms with Crippen LogP contribution >= 0.6 is 0 Å². The van der Waals surface area contributed by atoms with Gasteiger partial charge in [-0.05, 0) is 43.2 Å². The van der Waals surface area contributed by atoms with Crippen molar-refractivity contribution >= 4 is 21.6 Å². The van der Waals surface area contributed by atoms with Gasteiger partial charge in [-0.3, -0.25) is 4.79 Å². The molecule has 0 atom stereocenters. The molecule has 0 radical (unpaired) electrons. The van der Waals surface area contributed by atoms with E-state index in [0.717, 1.165) is 11.1 Å². The first kappa shape index (κ1) is 20.2. The maximum absolute atomic E-state index is 12.1. The summed E-state index contributed by atoms with van der Waals surface area (Å²) in [7, 11) is -3.70. The van der Waals surface area contributed by atoms with Crippen molar-refractivity contribution in [1.29, 1.82) is 5.26 Å². The number of aryl methyl sites for hydroxylation is 1. The second-order valence-electron chi connectivity index (χ2n) is 5.88. The summed E-state index contributed by atoms with van der Waals surface area (Å²) in [6.45, 7) is 2.41. The second-order valence-corrected chi connectivity index (χ2v) is 7.44. The van der Waals surface area contributed by atoms with Gasteiger partial charge in [-0.15, -0.1) is 0 Å². The van der Waals surface area contributed by atoms with Crippen molar-refractivity contribution in [1.82, 2.24) is 5.32 Å². The van der Waals surface area contributed by atoms with E-state index in [0.29, 0.717) is 18.7 Å². The molecule has 0 aliphatic heterocycles. The highest BCUT2D eigenvalue weighted by Crippen LogP contribution is 2.10. The van der Waals surface area contributed by atoms with E-state index in [1.165, 1.54) is 18.3 Å². The van der Waals surface area contributed by atoms with Crippen LogP contribution in [0.1, 0.15) is 11.1 Å². The predicted octanol–water partition coefficient (Wildman–Crippen LogP) is 1.82. The van der Waals surface area contributed by atoms with Gasteiger partial charge in [0.15, 0.2) is 0 Å². The lowest BCUT2D eigenvalue weighted by Gasteiger charge is -2.06. The molecular weight excluding hydrogens is 364 g/mol. The van der Waals surface area contributed by atoms with Crippen LogP contribution < -0.4 is 15.8 Å². The van der Waals surface area contributed by atoms with E-state index in [-0.39, 0.29) is 10.5 Å². The molecular formula is C19H20N4O3S. The van der Waals surface area contributed by atoms with Crippen molar-refractivity contribution in [3.8, 4) is 6.07 Å². The Labute approximate surface area is 158 Å². The van der Waals surface area contributed by atoms with Crippen molar-refractivity contribution in [2.24, 2.45) is 5.14 Å². The average molecular weight is 384 g/mol. The molecule has 0 heterocycles. The van der Waals surface area contributed by atoms with Gasteiger partial charge in [0.2, 0.25) is 10.0 Å². The molecule has 2 aromatic carbocycles. The number of carbonyl (C=O) groups excluding carboxylic acids is 1. The van der Waals surface area contributed by atoms with E-state index in [9.17, 15) is 13.2 Å². The zero-order valence-corrected chi connectivity index (χ0v) is 15.6. The third-order valence-electron chi connectivity index (χ3n) is 3.73. The number of carbonyl (C=O) groups is 1. The molecule has 8 heteroatoms. The Kier molecular flexibility index (Phi) is 6.71. The topological polar surface area (TPSA) is 125 Å². The molecule has 2 rings (SSSR count). The number of benzene rings is 2. The summed E-state index contributed by atoms with van der Waals surface area (Å²) in [4.78, 5) is 12.2. The van der Waals surface area contributed by atoms with Crippen molar-refractivity contribution in [3.63, 3.8) is 0 Å². The molecule has 0 bridgehead atoms. The van der Waals surface area contributed by atoms with E-state index in [2.05, 4.69) is 10.6 Å². The van der Waals surface area contributed by atoms with Crippen LogP contribution in [0, 0.1) is 18.3 Å². The lowest BCUT2D eigenvalue weighted by molar-refractivity contribution is -0.112. The van der Waals surface area contributed by atoms with Gasteiger partial charge in [0, 0.05) is 18.4 Å². The second kappa shape index (κ2) is 8.98. The Morgan fingerprint density at radius 2 is 1.78 bits per heavy atom. The van der Waals surface area contributed by atoms with Crippen LogP contribution in [0.2, 0.25) is 0 Å². The highest BCUT2D eigenvalue weighted by atomic mass is 32.2. The summed E-state index contributed by atoms with van der Waals surface area (Å²) in [5.74, 6) is -0.494.